The normalized spacial score (nSPS) is 17.6. The lowest BCUT2D eigenvalue weighted by Crippen LogP contribution is -2.46. The molecular formula is C17H24ClN3O2S. The number of hydrogen-bond acceptors (Lipinski definition) is 4. The SMILES string of the molecule is NCCNC(=O)C1CCCN(C(=O)CSCc2ccc(Cl)cc2)C1. The van der Waals surface area contributed by atoms with Crippen molar-refractivity contribution in [2.75, 3.05) is 31.9 Å². The van der Waals surface area contributed by atoms with E-state index in [1.807, 2.05) is 29.2 Å². The molecule has 1 fully saturated rings. The predicted molar refractivity (Wildman–Crippen MR) is 99.0 cm³/mol. The van der Waals surface area contributed by atoms with E-state index < -0.39 is 0 Å². The third-order valence-electron chi connectivity index (χ3n) is 4.00. The van der Waals surface area contributed by atoms with E-state index in [0.717, 1.165) is 30.7 Å². The fourth-order valence-corrected chi connectivity index (χ4v) is 3.70. The first kappa shape index (κ1) is 19.1. The smallest absolute Gasteiger partial charge is 0.232 e. The Labute approximate surface area is 152 Å². The van der Waals surface area contributed by atoms with Crippen LogP contribution in [0.2, 0.25) is 5.02 Å². The molecule has 132 valence electrons. The number of nitrogens with zero attached hydrogens (tertiary/aromatic N) is 1. The molecule has 3 N–H and O–H groups in total. The van der Waals surface area contributed by atoms with E-state index >= 15 is 0 Å². The monoisotopic (exact) mass is 369 g/mol. The van der Waals surface area contributed by atoms with Crippen LogP contribution in [0, 0.1) is 5.92 Å². The lowest BCUT2D eigenvalue weighted by Gasteiger charge is -2.32. The van der Waals surface area contributed by atoms with Crippen molar-refractivity contribution in [1.82, 2.24) is 10.2 Å². The highest BCUT2D eigenvalue weighted by Gasteiger charge is 2.27. The van der Waals surface area contributed by atoms with Crippen LogP contribution in [0.5, 0.6) is 0 Å². The van der Waals surface area contributed by atoms with E-state index in [1.54, 1.807) is 11.8 Å². The Morgan fingerprint density at radius 2 is 2.08 bits per heavy atom. The highest BCUT2D eigenvalue weighted by Crippen LogP contribution is 2.19. The molecule has 7 heteroatoms. The number of likely N-dealkylation sites (tertiary alicyclic amines) is 1. The van der Waals surface area contributed by atoms with Gasteiger partial charge in [0.2, 0.25) is 11.8 Å². The molecule has 1 aromatic rings. The molecule has 0 aliphatic carbocycles. The summed E-state index contributed by atoms with van der Waals surface area (Å²) in [6.07, 6.45) is 1.70. The van der Waals surface area contributed by atoms with Crippen molar-refractivity contribution in [3.8, 4) is 0 Å². The molecule has 1 saturated heterocycles. The average Bonchev–Trinajstić information content (AvgIpc) is 2.61. The Bertz CT molecular complexity index is 553. The lowest BCUT2D eigenvalue weighted by atomic mass is 9.97. The molecule has 1 unspecified atom stereocenters. The van der Waals surface area contributed by atoms with Gasteiger partial charge in [0, 0.05) is 37.0 Å². The molecule has 0 bridgehead atoms. The van der Waals surface area contributed by atoms with Gasteiger partial charge in [-0.25, -0.2) is 0 Å². The molecule has 1 aliphatic rings. The van der Waals surface area contributed by atoms with Gasteiger partial charge in [-0.2, -0.15) is 0 Å². The van der Waals surface area contributed by atoms with Gasteiger partial charge in [0.15, 0.2) is 0 Å². The van der Waals surface area contributed by atoms with Crippen molar-refractivity contribution in [3.05, 3.63) is 34.9 Å². The molecule has 0 radical (unpaired) electrons. The molecule has 1 atom stereocenters. The zero-order valence-corrected chi connectivity index (χ0v) is 15.2. The van der Waals surface area contributed by atoms with Gasteiger partial charge in [0.25, 0.3) is 0 Å². The average molecular weight is 370 g/mol. The van der Waals surface area contributed by atoms with Gasteiger partial charge in [0.05, 0.1) is 11.7 Å². The Kier molecular flexibility index (Phi) is 7.88. The highest BCUT2D eigenvalue weighted by atomic mass is 35.5. The minimum absolute atomic E-state index is 0.00627. The maximum absolute atomic E-state index is 12.4. The number of benzene rings is 1. The Hall–Kier alpha value is -1.24. The number of halogens is 1. The molecule has 1 aliphatic heterocycles. The summed E-state index contributed by atoms with van der Waals surface area (Å²) in [6, 6.07) is 7.65. The molecular weight excluding hydrogens is 346 g/mol. The van der Waals surface area contributed by atoms with E-state index in [4.69, 9.17) is 17.3 Å². The minimum Gasteiger partial charge on any atom is -0.355 e. The summed E-state index contributed by atoms with van der Waals surface area (Å²) in [4.78, 5) is 26.2. The number of thioether (sulfide) groups is 1. The Balaban J connectivity index is 1.75. The molecule has 2 amide bonds. The number of carbonyl (C=O) groups excluding carboxylic acids is 2. The van der Waals surface area contributed by atoms with Crippen LogP contribution in [0.1, 0.15) is 18.4 Å². The van der Waals surface area contributed by atoms with Gasteiger partial charge < -0.3 is 16.0 Å². The number of nitrogens with two attached hydrogens (primary N) is 1. The van der Waals surface area contributed by atoms with Gasteiger partial charge in [-0.3, -0.25) is 9.59 Å². The van der Waals surface area contributed by atoms with Crippen molar-refractivity contribution >= 4 is 35.2 Å². The third-order valence-corrected chi connectivity index (χ3v) is 5.24. The van der Waals surface area contributed by atoms with Crippen molar-refractivity contribution in [1.29, 1.82) is 0 Å². The van der Waals surface area contributed by atoms with Gasteiger partial charge in [-0.05, 0) is 30.5 Å². The van der Waals surface area contributed by atoms with Gasteiger partial charge in [-0.1, -0.05) is 23.7 Å². The largest absolute Gasteiger partial charge is 0.355 e. The third kappa shape index (κ3) is 6.00. The van der Waals surface area contributed by atoms with Crippen LogP contribution in [-0.4, -0.2) is 48.6 Å². The molecule has 1 aromatic carbocycles. The Morgan fingerprint density at radius 3 is 2.79 bits per heavy atom. The van der Waals surface area contributed by atoms with E-state index in [0.29, 0.717) is 30.4 Å². The summed E-state index contributed by atoms with van der Waals surface area (Å²) in [7, 11) is 0. The summed E-state index contributed by atoms with van der Waals surface area (Å²) >= 11 is 7.45. The first-order valence-corrected chi connectivity index (χ1v) is 9.71. The zero-order valence-electron chi connectivity index (χ0n) is 13.7. The van der Waals surface area contributed by atoms with Crippen molar-refractivity contribution in [3.63, 3.8) is 0 Å². The van der Waals surface area contributed by atoms with E-state index in [9.17, 15) is 9.59 Å². The van der Waals surface area contributed by atoms with Crippen molar-refractivity contribution in [2.24, 2.45) is 11.7 Å². The summed E-state index contributed by atoms with van der Waals surface area (Å²) in [5.41, 5.74) is 6.55. The standard InChI is InChI=1S/C17H24ClN3O2S/c18-15-5-3-13(4-6-15)11-24-12-16(22)21-9-1-2-14(10-21)17(23)20-8-7-19/h3-6,14H,1-2,7-12,19H2,(H,20,23). The first-order valence-electron chi connectivity index (χ1n) is 8.18. The zero-order chi connectivity index (χ0) is 17.4. The van der Waals surface area contributed by atoms with Gasteiger partial charge >= 0.3 is 0 Å². The number of hydrogen-bond donors (Lipinski definition) is 2. The molecule has 1 heterocycles. The van der Waals surface area contributed by atoms with Crippen LogP contribution >= 0.6 is 23.4 Å². The van der Waals surface area contributed by atoms with Gasteiger partial charge in [-0.15, -0.1) is 11.8 Å². The second kappa shape index (κ2) is 9.91. The summed E-state index contributed by atoms with van der Waals surface area (Å²) in [5.74, 6) is 1.20. The second-order valence-corrected chi connectivity index (χ2v) is 7.30. The maximum atomic E-state index is 12.4. The van der Waals surface area contributed by atoms with Crippen LogP contribution < -0.4 is 11.1 Å². The van der Waals surface area contributed by atoms with E-state index in [2.05, 4.69) is 5.32 Å². The van der Waals surface area contributed by atoms with Crippen molar-refractivity contribution in [2.45, 2.75) is 18.6 Å². The quantitative estimate of drug-likeness (QED) is 0.769. The van der Waals surface area contributed by atoms with Crippen LogP contribution in [0.3, 0.4) is 0 Å². The maximum Gasteiger partial charge on any atom is 0.232 e. The number of amides is 2. The van der Waals surface area contributed by atoms with Crippen molar-refractivity contribution < 1.29 is 9.59 Å². The molecule has 2 rings (SSSR count). The van der Waals surface area contributed by atoms with Crippen LogP contribution in [0.25, 0.3) is 0 Å². The lowest BCUT2D eigenvalue weighted by molar-refractivity contribution is -0.133. The van der Waals surface area contributed by atoms with Gasteiger partial charge in [0.1, 0.15) is 0 Å². The fourth-order valence-electron chi connectivity index (χ4n) is 2.69. The summed E-state index contributed by atoms with van der Waals surface area (Å²) < 4.78 is 0. The number of rotatable bonds is 7. The predicted octanol–water partition coefficient (Wildman–Crippen LogP) is 1.89. The van der Waals surface area contributed by atoms with Crippen LogP contribution in [-0.2, 0) is 15.3 Å². The van der Waals surface area contributed by atoms with Crippen LogP contribution in [0.15, 0.2) is 24.3 Å². The number of piperidine rings is 1. The highest BCUT2D eigenvalue weighted by molar-refractivity contribution is 7.99. The number of carbonyl (C=O) groups is 2. The molecule has 0 saturated carbocycles. The molecule has 0 aromatic heterocycles. The summed E-state index contributed by atoms with van der Waals surface area (Å²) in [5, 5.41) is 3.53. The minimum atomic E-state index is -0.115. The molecule has 0 spiro atoms. The van der Waals surface area contributed by atoms with Crippen LogP contribution in [0.4, 0.5) is 0 Å². The molecule has 5 nitrogen and oxygen atoms in total. The topological polar surface area (TPSA) is 75.4 Å². The summed E-state index contributed by atoms with van der Waals surface area (Å²) in [6.45, 7) is 2.17. The van der Waals surface area contributed by atoms with E-state index in [1.165, 1.54) is 0 Å². The number of nitrogens with one attached hydrogen (secondary N) is 1. The molecule has 24 heavy (non-hydrogen) atoms. The second-order valence-electron chi connectivity index (χ2n) is 5.88. The van der Waals surface area contributed by atoms with E-state index in [-0.39, 0.29) is 17.7 Å². The Morgan fingerprint density at radius 1 is 1.33 bits per heavy atom. The first-order chi connectivity index (χ1) is 11.6. The fraction of sp³-hybridized carbons (Fsp3) is 0.529.